The second-order valence-electron chi connectivity index (χ2n) is 5.54. The number of carbonyl (C=O) groups excluding carboxylic acids is 1. The van der Waals surface area contributed by atoms with Crippen molar-refractivity contribution in [3.8, 4) is 0 Å². The number of amides is 1. The molecule has 0 radical (unpaired) electrons. The van der Waals surface area contributed by atoms with Crippen molar-refractivity contribution in [1.29, 1.82) is 0 Å². The van der Waals surface area contributed by atoms with Crippen molar-refractivity contribution in [2.75, 3.05) is 25.9 Å². The molecule has 2 heterocycles. The Kier molecular flexibility index (Phi) is 4.95. The first kappa shape index (κ1) is 15.9. The fraction of sp³-hybridized carbons (Fsp3) is 0.571. The lowest BCUT2D eigenvalue weighted by atomic mass is 9.98. The minimum Gasteiger partial charge on any atom is -0.337 e. The maximum atomic E-state index is 12.4. The van der Waals surface area contributed by atoms with Gasteiger partial charge < -0.3 is 4.90 Å². The Labute approximate surface area is 125 Å². The zero-order chi connectivity index (χ0) is 15.5. The van der Waals surface area contributed by atoms with Gasteiger partial charge in [0.05, 0.1) is 6.26 Å². The predicted molar refractivity (Wildman–Crippen MR) is 80.4 cm³/mol. The zero-order valence-electron chi connectivity index (χ0n) is 12.4. The van der Waals surface area contributed by atoms with Gasteiger partial charge in [0.25, 0.3) is 5.91 Å². The Balaban J connectivity index is 1.99. The molecule has 1 saturated heterocycles. The van der Waals surface area contributed by atoms with Crippen LogP contribution in [0.15, 0.2) is 18.2 Å². The molecule has 0 aromatic carbocycles. The summed E-state index contributed by atoms with van der Waals surface area (Å²) < 4.78 is 24.8. The van der Waals surface area contributed by atoms with Gasteiger partial charge in [-0.3, -0.25) is 4.79 Å². The molecule has 1 atom stereocenters. The van der Waals surface area contributed by atoms with Crippen LogP contribution in [0.1, 0.15) is 29.0 Å². The van der Waals surface area contributed by atoms with Crippen LogP contribution < -0.4 is 4.72 Å². The van der Waals surface area contributed by atoms with Crippen LogP contribution in [0, 0.1) is 12.8 Å². The molecule has 1 aliphatic heterocycles. The quantitative estimate of drug-likeness (QED) is 0.891. The van der Waals surface area contributed by atoms with Crippen molar-refractivity contribution >= 4 is 15.9 Å². The monoisotopic (exact) mass is 311 g/mol. The summed E-state index contributed by atoms with van der Waals surface area (Å²) in [4.78, 5) is 18.4. The molecule has 1 aromatic rings. The van der Waals surface area contributed by atoms with Crippen LogP contribution in [0.4, 0.5) is 0 Å². The molecule has 1 unspecified atom stereocenters. The second-order valence-corrected chi connectivity index (χ2v) is 7.38. The van der Waals surface area contributed by atoms with E-state index < -0.39 is 10.0 Å². The van der Waals surface area contributed by atoms with Gasteiger partial charge in [-0.1, -0.05) is 6.07 Å². The van der Waals surface area contributed by atoms with Gasteiger partial charge in [-0.05, 0) is 37.8 Å². The first-order chi connectivity index (χ1) is 9.85. The van der Waals surface area contributed by atoms with Crippen molar-refractivity contribution < 1.29 is 13.2 Å². The molecule has 1 aromatic heterocycles. The largest absolute Gasteiger partial charge is 0.337 e. The second kappa shape index (κ2) is 6.53. The first-order valence-electron chi connectivity index (χ1n) is 7.03. The number of nitrogens with zero attached hydrogens (tertiary/aromatic N) is 2. The van der Waals surface area contributed by atoms with E-state index in [4.69, 9.17) is 0 Å². The smallest absolute Gasteiger partial charge is 0.272 e. The van der Waals surface area contributed by atoms with E-state index in [2.05, 4.69) is 9.71 Å². The summed E-state index contributed by atoms with van der Waals surface area (Å²) in [6.07, 6.45) is 2.95. The third kappa shape index (κ3) is 4.78. The Morgan fingerprint density at radius 1 is 1.48 bits per heavy atom. The van der Waals surface area contributed by atoms with Crippen molar-refractivity contribution in [2.45, 2.75) is 19.8 Å². The van der Waals surface area contributed by atoms with E-state index in [1.54, 1.807) is 11.0 Å². The van der Waals surface area contributed by atoms with Crippen molar-refractivity contribution in [2.24, 2.45) is 5.92 Å². The van der Waals surface area contributed by atoms with Gasteiger partial charge in [0, 0.05) is 25.3 Å². The molecule has 0 bridgehead atoms. The summed E-state index contributed by atoms with van der Waals surface area (Å²) in [5.41, 5.74) is 1.26. The molecule has 21 heavy (non-hydrogen) atoms. The van der Waals surface area contributed by atoms with Crippen LogP contribution in [0.5, 0.6) is 0 Å². The third-order valence-corrected chi connectivity index (χ3v) is 4.24. The molecule has 7 heteroatoms. The highest BCUT2D eigenvalue weighted by atomic mass is 32.2. The molecule has 6 nitrogen and oxygen atoms in total. The molecule has 0 spiro atoms. The maximum absolute atomic E-state index is 12.4. The SMILES string of the molecule is Cc1cccc(C(=O)N2CCCC(CNS(C)(=O)=O)C2)n1. The molecule has 1 amide bonds. The van der Waals surface area contributed by atoms with Gasteiger partial charge in [-0.2, -0.15) is 0 Å². The van der Waals surface area contributed by atoms with Gasteiger partial charge in [-0.15, -0.1) is 0 Å². The van der Waals surface area contributed by atoms with Crippen molar-refractivity contribution in [3.05, 3.63) is 29.6 Å². The number of piperidine rings is 1. The summed E-state index contributed by atoms with van der Waals surface area (Å²) >= 11 is 0. The Hall–Kier alpha value is -1.47. The standard InChI is InChI=1S/C14H21N3O3S/c1-11-5-3-7-13(16-11)14(18)17-8-4-6-12(10-17)9-15-21(2,19)20/h3,5,7,12,15H,4,6,8-10H2,1-2H3. The van der Waals surface area contributed by atoms with Gasteiger partial charge in [-0.25, -0.2) is 18.1 Å². The van der Waals surface area contributed by atoms with E-state index in [1.807, 2.05) is 19.1 Å². The van der Waals surface area contributed by atoms with Crippen LogP contribution in [0.3, 0.4) is 0 Å². The van der Waals surface area contributed by atoms with Crippen LogP contribution in [0.25, 0.3) is 0 Å². The van der Waals surface area contributed by atoms with Crippen LogP contribution in [-0.4, -0.2) is 50.1 Å². The highest BCUT2D eigenvalue weighted by molar-refractivity contribution is 7.88. The van der Waals surface area contributed by atoms with E-state index in [-0.39, 0.29) is 11.8 Å². The van der Waals surface area contributed by atoms with Crippen LogP contribution in [-0.2, 0) is 10.0 Å². The normalized spacial score (nSPS) is 19.5. The minimum absolute atomic E-state index is 0.0808. The Bertz CT molecular complexity index is 616. The topological polar surface area (TPSA) is 79.4 Å². The molecule has 2 rings (SSSR count). The molecule has 1 fully saturated rings. The highest BCUT2D eigenvalue weighted by Gasteiger charge is 2.25. The van der Waals surface area contributed by atoms with E-state index in [0.29, 0.717) is 25.3 Å². The Morgan fingerprint density at radius 3 is 2.90 bits per heavy atom. The highest BCUT2D eigenvalue weighted by Crippen LogP contribution is 2.18. The van der Waals surface area contributed by atoms with E-state index in [9.17, 15) is 13.2 Å². The number of nitrogens with one attached hydrogen (secondary N) is 1. The molecular formula is C14H21N3O3S. The number of aryl methyl sites for hydroxylation is 1. The van der Waals surface area contributed by atoms with Gasteiger partial charge in [0.2, 0.25) is 10.0 Å². The van der Waals surface area contributed by atoms with Crippen molar-refractivity contribution in [3.63, 3.8) is 0 Å². The van der Waals surface area contributed by atoms with Crippen LogP contribution in [0.2, 0.25) is 0 Å². The molecular weight excluding hydrogens is 290 g/mol. The lowest BCUT2D eigenvalue weighted by Crippen LogP contribution is -2.43. The number of aromatic nitrogens is 1. The van der Waals surface area contributed by atoms with Gasteiger partial charge >= 0.3 is 0 Å². The zero-order valence-corrected chi connectivity index (χ0v) is 13.2. The Morgan fingerprint density at radius 2 is 2.24 bits per heavy atom. The van der Waals surface area contributed by atoms with E-state index in [1.165, 1.54) is 0 Å². The van der Waals surface area contributed by atoms with E-state index >= 15 is 0 Å². The van der Waals surface area contributed by atoms with Crippen molar-refractivity contribution in [1.82, 2.24) is 14.6 Å². The average molecular weight is 311 g/mol. The lowest BCUT2D eigenvalue weighted by Gasteiger charge is -2.32. The first-order valence-corrected chi connectivity index (χ1v) is 8.92. The number of carbonyl (C=O) groups is 1. The summed E-state index contributed by atoms with van der Waals surface area (Å²) in [6.45, 7) is 3.50. The number of rotatable bonds is 4. The number of likely N-dealkylation sites (tertiary alicyclic amines) is 1. The number of hydrogen-bond acceptors (Lipinski definition) is 4. The lowest BCUT2D eigenvalue weighted by molar-refractivity contribution is 0.0670. The number of hydrogen-bond donors (Lipinski definition) is 1. The molecule has 1 N–H and O–H groups in total. The fourth-order valence-corrected chi connectivity index (χ4v) is 3.05. The fourth-order valence-electron chi connectivity index (χ4n) is 2.51. The predicted octanol–water partition coefficient (Wildman–Crippen LogP) is 0.791. The number of sulfonamides is 1. The summed E-state index contributed by atoms with van der Waals surface area (Å²) in [7, 11) is -3.18. The summed E-state index contributed by atoms with van der Waals surface area (Å²) in [5, 5.41) is 0. The molecule has 0 saturated carbocycles. The average Bonchev–Trinajstić information content (AvgIpc) is 2.44. The summed E-state index contributed by atoms with van der Waals surface area (Å²) in [6, 6.07) is 5.39. The van der Waals surface area contributed by atoms with Crippen LogP contribution >= 0.6 is 0 Å². The third-order valence-electron chi connectivity index (χ3n) is 3.55. The maximum Gasteiger partial charge on any atom is 0.272 e. The van der Waals surface area contributed by atoms with Gasteiger partial charge in [0.1, 0.15) is 5.69 Å². The minimum atomic E-state index is -3.18. The molecule has 116 valence electrons. The van der Waals surface area contributed by atoms with Gasteiger partial charge in [0.15, 0.2) is 0 Å². The number of pyridine rings is 1. The molecule has 0 aliphatic carbocycles. The summed E-state index contributed by atoms with van der Waals surface area (Å²) in [5.74, 6) is 0.0741. The van der Waals surface area contributed by atoms with E-state index in [0.717, 1.165) is 24.8 Å². The molecule has 1 aliphatic rings.